The first-order valence-electron chi connectivity index (χ1n) is 10.2. The van der Waals surface area contributed by atoms with Crippen molar-refractivity contribution >= 4 is 29.1 Å². The van der Waals surface area contributed by atoms with Gasteiger partial charge in [0.25, 0.3) is 5.91 Å². The molecule has 2 amide bonds. The van der Waals surface area contributed by atoms with Gasteiger partial charge in [-0.05, 0) is 61.0 Å². The van der Waals surface area contributed by atoms with Crippen molar-refractivity contribution in [1.29, 1.82) is 0 Å². The summed E-state index contributed by atoms with van der Waals surface area (Å²) in [7, 11) is 1.62. The maximum Gasteiger partial charge on any atom is 0.252 e. The number of nitrogens with zero attached hydrogens (tertiary/aromatic N) is 2. The van der Waals surface area contributed by atoms with Crippen LogP contribution in [0.25, 0.3) is 0 Å². The van der Waals surface area contributed by atoms with E-state index in [2.05, 4.69) is 5.32 Å². The van der Waals surface area contributed by atoms with Gasteiger partial charge in [-0.25, -0.2) is 4.39 Å². The molecule has 1 aliphatic heterocycles. The van der Waals surface area contributed by atoms with Gasteiger partial charge in [-0.2, -0.15) is 0 Å². The lowest BCUT2D eigenvalue weighted by Crippen LogP contribution is -2.40. The summed E-state index contributed by atoms with van der Waals surface area (Å²) in [5, 5.41) is 3.14. The van der Waals surface area contributed by atoms with E-state index in [-0.39, 0.29) is 30.6 Å². The van der Waals surface area contributed by atoms with Gasteiger partial charge in [0.1, 0.15) is 17.6 Å². The van der Waals surface area contributed by atoms with Gasteiger partial charge in [-0.1, -0.05) is 24.3 Å². The van der Waals surface area contributed by atoms with Crippen LogP contribution < -0.4 is 10.1 Å². The molecule has 0 aliphatic carbocycles. The quantitative estimate of drug-likeness (QED) is 0.604. The zero-order valence-corrected chi connectivity index (χ0v) is 18.5. The molecule has 0 unspecified atom stereocenters. The van der Waals surface area contributed by atoms with Crippen molar-refractivity contribution < 1.29 is 18.7 Å². The van der Waals surface area contributed by atoms with Crippen molar-refractivity contribution in [3.63, 3.8) is 0 Å². The van der Waals surface area contributed by atoms with E-state index >= 15 is 0 Å². The molecule has 164 valence electrons. The Morgan fingerprint density at radius 2 is 1.77 bits per heavy atom. The summed E-state index contributed by atoms with van der Waals surface area (Å²) in [5.41, 5.74) is 1.84. The third kappa shape index (κ3) is 5.58. The van der Waals surface area contributed by atoms with Gasteiger partial charge in [0, 0.05) is 13.1 Å². The lowest BCUT2D eigenvalue weighted by Gasteiger charge is -2.24. The van der Waals surface area contributed by atoms with E-state index in [0.717, 1.165) is 16.9 Å². The molecule has 1 heterocycles. The Bertz CT molecular complexity index is 934. The lowest BCUT2D eigenvalue weighted by molar-refractivity contribution is -0.132. The van der Waals surface area contributed by atoms with Gasteiger partial charge in [0.05, 0.1) is 20.1 Å². The maximum absolute atomic E-state index is 13.2. The lowest BCUT2D eigenvalue weighted by atomic mass is 10.1. The molecule has 31 heavy (non-hydrogen) atoms. The fraction of sp³-hybridized carbons (Fsp3) is 0.348. The summed E-state index contributed by atoms with van der Waals surface area (Å²) in [6.45, 7) is 3.07. The zero-order chi connectivity index (χ0) is 22.4. The zero-order valence-electron chi connectivity index (χ0n) is 17.6. The molecule has 1 aliphatic rings. The van der Waals surface area contributed by atoms with Crippen molar-refractivity contribution in [2.75, 3.05) is 20.2 Å². The molecule has 0 aromatic heterocycles. The first kappa shape index (κ1) is 22.7. The summed E-state index contributed by atoms with van der Waals surface area (Å²) in [4.78, 5) is 28.7. The molecular weight excluding hydrogens is 417 g/mol. The largest absolute Gasteiger partial charge is 0.497 e. The highest BCUT2D eigenvalue weighted by Crippen LogP contribution is 2.24. The summed E-state index contributed by atoms with van der Waals surface area (Å²) in [5.74, 6) is 0.0292. The monoisotopic (exact) mass is 443 g/mol. The number of nitrogens with one attached hydrogen (secondary N) is 1. The number of rotatable bonds is 9. The van der Waals surface area contributed by atoms with Crippen molar-refractivity contribution in [2.45, 2.75) is 32.4 Å². The summed E-state index contributed by atoms with van der Waals surface area (Å²) < 4.78 is 18.4. The van der Waals surface area contributed by atoms with Crippen LogP contribution in [0.3, 0.4) is 0 Å². The van der Waals surface area contributed by atoms with Gasteiger partial charge in [0.15, 0.2) is 5.11 Å². The standard InChI is InChI=1S/C23H26FN3O3S/c1-3-25-21(28)14-20-22(29)27(15-17-4-8-18(24)9-5-17)23(31)26(20)13-12-16-6-10-19(30-2)11-7-16/h4-11,20H,3,12-15H2,1-2H3,(H,25,28)/t20-/m0/s1. The van der Waals surface area contributed by atoms with E-state index in [1.807, 2.05) is 36.1 Å². The van der Waals surface area contributed by atoms with E-state index in [9.17, 15) is 14.0 Å². The topological polar surface area (TPSA) is 61.9 Å². The molecule has 0 spiro atoms. The van der Waals surface area contributed by atoms with Crippen LogP contribution in [0.4, 0.5) is 4.39 Å². The van der Waals surface area contributed by atoms with Crippen LogP contribution in [0.2, 0.25) is 0 Å². The molecule has 6 nitrogen and oxygen atoms in total. The fourth-order valence-corrected chi connectivity index (χ4v) is 3.92. The summed E-state index contributed by atoms with van der Waals surface area (Å²) in [6.07, 6.45) is 0.697. The normalized spacial score (nSPS) is 16.0. The molecule has 0 saturated carbocycles. The van der Waals surface area contributed by atoms with Gasteiger partial charge in [-0.3, -0.25) is 14.5 Å². The van der Waals surface area contributed by atoms with Crippen LogP contribution in [0.1, 0.15) is 24.5 Å². The third-order valence-electron chi connectivity index (χ3n) is 5.21. The maximum atomic E-state index is 13.2. The number of halogens is 1. The van der Waals surface area contributed by atoms with Gasteiger partial charge >= 0.3 is 0 Å². The van der Waals surface area contributed by atoms with Crippen LogP contribution in [-0.4, -0.2) is 53.0 Å². The minimum atomic E-state index is -0.655. The molecule has 8 heteroatoms. The smallest absolute Gasteiger partial charge is 0.252 e. The summed E-state index contributed by atoms with van der Waals surface area (Å²) in [6, 6.07) is 13.0. The first-order valence-corrected chi connectivity index (χ1v) is 10.6. The van der Waals surface area contributed by atoms with E-state index in [4.69, 9.17) is 17.0 Å². The SMILES string of the molecule is CCNC(=O)C[C@H]1C(=O)N(Cc2ccc(F)cc2)C(=S)N1CCc1ccc(OC)cc1. The molecule has 2 aromatic carbocycles. The van der Waals surface area contributed by atoms with E-state index in [1.54, 1.807) is 19.2 Å². The molecule has 1 fully saturated rings. The Hall–Kier alpha value is -3.00. The van der Waals surface area contributed by atoms with E-state index < -0.39 is 6.04 Å². The van der Waals surface area contributed by atoms with Gasteiger partial charge in [0.2, 0.25) is 5.91 Å². The number of hydrogen-bond donors (Lipinski definition) is 1. The molecule has 0 radical (unpaired) electrons. The average Bonchev–Trinajstić information content (AvgIpc) is 2.98. The van der Waals surface area contributed by atoms with Crippen LogP contribution in [-0.2, 0) is 22.6 Å². The van der Waals surface area contributed by atoms with Crippen molar-refractivity contribution in [3.8, 4) is 5.75 Å². The Balaban J connectivity index is 1.76. The Kier molecular flexibility index (Phi) is 7.57. The molecule has 2 aromatic rings. The second kappa shape index (κ2) is 10.3. The number of carbonyl (C=O) groups is 2. The predicted octanol–water partition coefficient (Wildman–Crippen LogP) is 2.90. The van der Waals surface area contributed by atoms with Gasteiger partial charge in [-0.15, -0.1) is 0 Å². The number of hydrogen-bond acceptors (Lipinski definition) is 4. The molecular formula is C23H26FN3O3S. The molecule has 0 bridgehead atoms. The minimum Gasteiger partial charge on any atom is -0.497 e. The number of benzene rings is 2. The van der Waals surface area contributed by atoms with E-state index in [0.29, 0.717) is 24.6 Å². The average molecular weight is 444 g/mol. The van der Waals surface area contributed by atoms with Crippen LogP contribution in [0.15, 0.2) is 48.5 Å². The summed E-state index contributed by atoms with van der Waals surface area (Å²) >= 11 is 5.62. The number of carbonyl (C=O) groups excluding carboxylic acids is 2. The van der Waals surface area contributed by atoms with Crippen molar-refractivity contribution in [3.05, 3.63) is 65.5 Å². The number of methoxy groups -OCH3 is 1. The fourth-order valence-electron chi connectivity index (χ4n) is 3.55. The Labute approximate surface area is 187 Å². The highest BCUT2D eigenvalue weighted by atomic mass is 32.1. The molecule has 1 N–H and O–H groups in total. The van der Waals surface area contributed by atoms with Crippen LogP contribution in [0.5, 0.6) is 5.75 Å². The second-order valence-electron chi connectivity index (χ2n) is 7.30. The highest BCUT2D eigenvalue weighted by molar-refractivity contribution is 7.80. The second-order valence-corrected chi connectivity index (χ2v) is 7.66. The number of ether oxygens (including phenoxy) is 1. The van der Waals surface area contributed by atoms with Crippen molar-refractivity contribution in [2.24, 2.45) is 0 Å². The molecule has 1 atom stereocenters. The van der Waals surface area contributed by atoms with Crippen LogP contribution >= 0.6 is 12.2 Å². The molecule has 3 rings (SSSR count). The third-order valence-corrected chi connectivity index (χ3v) is 5.67. The Morgan fingerprint density at radius 1 is 1.13 bits per heavy atom. The molecule has 1 saturated heterocycles. The predicted molar refractivity (Wildman–Crippen MR) is 120 cm³/mol. The van der Waals surface area contributed by atoms with Crippen molar-refractivity contribution in [1.82, 2.24) is 15.1 Å². The number of thiocarbonyl (C=S) groups is 1. The number of amides is 2. The van der Waals surface area contributed by atoms with Gasteiger partial charge < -0.3 is 15.0 Å². The van der Waals surface area contributed by atoms with Crippen LogP contribution in [0, 0.1) is 5.82 Å². The first-order chi connectivity index (χ1) is 14.9. The highest BCUT2D eigenvalue weighted by Gasteiger charge is 2.42. The minimum absolute atomic E-state index is 0.0370. The Morgan fingerprint density at radius 3 is 2.39 bits per heavy atom. The van der Waals surface area contributed by atoms with E-state index in [1.165, 1.54) is 17.0 Å².